The molecule has 4 heterocycles. The fraction of sp³-hybridized carbons (Fsp3) is 0.333. The second-order valence-corrected chi connectivity index (χ2v) is 5.55. The Balaban J connectivity index is 2.00. The van der Waals surface area contributed by atoms with Crippen LogP contribution in [-0.2, 0) is 0 Å². The van der Waals surface area contributed by atoms with E-state index in [2.05, 4.69) is 30.4 Å². The van der Waals surface area contributed by atoms with Gasteiger partial charge in [-0.1, -0.05) is 0 Å². The topological polar surface area (TPSA) is 97.3 Å². The summed E-state index contributed by atoms with van der Waals surface area (Å²) >= 11 is 0. The minimum atomic E-state index is 0.411. The summed E-state index contributed by atoms with van der Waals surface area (Å²) in [5, 5.41) is 11.9. The maximum Gasteiger partial charge on any atom is 0.209 e. The van der Waals surface area contributed by atoms with Crippen LogP contribution in [0.3, 0.4) is 0 Å². The van der Waals surface area contributed by atoms with Crippen LogP contribution in [0, 0.1) is 6.92 Å². The molecule has 3 aromatic rings. The normalized spacial score (nSPS) is 15.3. The summed E-state index contributed by atoms with van der Waals surface area (Å²) in [7, 11) is 0. The van der Waals surface area contributed by atoms with Crippen molar-refractivity contribution in [1.29, 1.82) is 0 Å². The van der Waals surface area contributed by atoms with Gasteiger partial charge in [-0.25, -0.2) is 4.40 Å². The molecule has 1 fully saturated rings. The standard InChI is InChI=1S/C15H18N8/c1-10-20-21-14-12(11-2-4-17-5-3-11)13(19-15(16)23(10)14)22-8-6-18-7-9-22/h2-5,18H,6-9H2,1H3,(H2,16,19). The number of hydrogen-bond donors (Lipinski definition) is 2. The molecule has 1 aliphatic rings. The molecule has 118 valence electrons. The Morgan fingerprint density at radius 1 is 1.13 bits per heavy atom. The Morgan fingerprint density at radius 3 is 2.61 bits per heavy atom. The molecule has 8 heteroatoms. The molecule has 3 aromatic heterocycles. The first-order valence-electron chi connectivity index (χ1n) is 7.63. The minimum Gasteiger partial charge on any atom is -0.369 e. The Hall–Kier alpha value is -2.74. The number of nitrogen functional groups attached to an aromatic ring is 1. The number of fused-ring (bicyclic) bond motifs is 1. The molecule has 0 bridgehead atoms. The smallest absolute Gasteiger partial charge is 0.209 e. The maximum absolute atomic E-state index is 6.17. The number of aryl methyl sites for hydroxylation is 1. The van der Waals surface area contributed by atoms with Crippen molar-refractivity contribution in [3.05, 3.63) is 30.4 Å². The minimum absolute atomic E-state index is 0.411. The number of hydrogen-bond acceptors (Lipinski definition) is 7. The largest absolute Gasteiger partial charge is 0.369 e. The van der Waals surface area contributed by atoms with Crippen molar-refractivity contribution >= 4 is 17.4 Å². The van der Waals surface area contributed by atoms with E-state index in [9.17, 15) is 0 Å². The van der Waals surface area contributed by atoms with E-state index >= 15 is 0 Å². The third-order valence-corrected chi connectivity index (χ3v) is 4.11. The zero-order valence-electron chi connectivity index (χ0n) is 12.9. The predicted octanol–water partition coefficient (Wildman–Crippen LogP) is 0.487. The van der Waals surface area contributed by atoms with Crippen LogP contribution >= 0.6 is 0 Å². The zero-order chi connectivity index (χ0) is 15.8. The molecule has 0 radical (unpaired) electrons. The van der Waals surface area contributed by atoms with Crippen molar-refractivity contribution in [2.24, 2.45) is 0 Å². The first-order valence-corrected chi connectivity index (χ1v) is 7.63. The van der Waals surface area contributed by atoms with E-state index in [0.29, 0.717) is 5.95 Å². The fourth-order valence-electron chi connectivity index (χ4n) is 3.00. The Labute approximate surface area is 133 Å². The Morgan fingerprint density at radius 2 is 1.87 bits per heavy atom. The number of anilines is 2. The Kier molecular flexibility index (Phi) is 3.30. The highest BCUT2D eigenvalue weighted by molar-refractivity contribution is 5.88. The van der Waals surface area contributed by atoms with Crippen LogP contribution in [0.25, 0.3) is 16.8 Å². The van der Waals surface area contributed by atoms with Gasteiger partial charge in [-0.15, -0.1) is 10.2 Å². The van der Waals surface area contributed by atoms with Gasteiger partial charge >= 0.3 is 0 Å². The van der Waals surface area contributed by atoms with Crippen LogP contribution in [0.2, 0.25) is 0 Å². The zero-order valence-corrected chi connectivity index (χ0v) is 12.9. The average Bonchev–Trinajstić information content (AvgIpc) is 2.99. The maximum atomic E-state index is 6.17. The van der Waals surface area contributed by atoms with Gasteiger partial charge in [0, 0.05) is 38.6 Å². The number of rotatable bonds is 2. The molecule has 3 N–H and O–H groups in total. The first kappa shape index (κ1) is 13.9. The van der Waals surface area contributed by atoms with E-state index in [1.807, 2.05) is 19.1 Å². The lowest BCUT2D eigenvalue weighted by Crippen LogP contribution is -2.44. The monoisotopic (exact) mass is 310 g/mol. The van der Waals surface area contributed by atoms with Crippen molar-refractivity contribution in [3.8, 4) is 11.1 Å². The van der Waals surface area contributed by atoms with E-state index in [-0.39, 0.29) is 0 Å². The summed E-state index contributed by atoms with van der Waals surface area (Å²) in [6, 6.07) is 3.92. The van der Waals surface area contributed by atoms with Gasteiger partial charge in [-0.2, -0.15) is 4.98 Å². The lowest BCUT2D eigenvalue weighted by atomic mass is 10.1. The van der Waals surface area contributed by atoms with Crippen LogP contribution in [0.1, 0.15) is 5.82 Å². The molecular formula is C15H18N8. The molecule has 0 atom stereocenters. The highest BCUT2D eigenvalue weighted by Crippen LogP contribution is 2.34. The van der Waals surface area contributed by atoms with Crippen LogP contribution in [0.5, 0.6) is 0 Å². The summed E-state index contributed by atoms with van der Waals surface area (Å²) in [6.45, 7) is 5.49. The third-order valence-electron chi connectivity index (χ3n) is 4.11. The lowest BCUT2D eigenvalue weighted by Gasteiger charge is -2.30. The van der Waals surface area contributed by atoms with Crippen molar-refractivity contribution in [3.63, 3.8) is 0 Å². The first-order chi connectivity index (χ1) is 11.3. The summed E-state index contributed by atoms with van der Waals surface area (Å²) < 4.78 is 1.79. The van der Waals surface area contributed by atoms with Crippen molar-refractivity contribution in [1.82, 2.24) is 29.9 Å². The van der Waals surface area contributed by atoms with Gasteiger partial charge < -0.3 is 16.0 Å². The summed E-state index contributed by atoms with van der Waals surface area (Å²) in [5.41, 5.74) is 8.87. The second kappa shape index (κ2) is 5.47. The SMILES string of the molecule is Cc1nnc2c(-c3ccncc3)c(N3CCNCC3)nc(N)n12. The molecule has 0 spiro atoms. The molecule has 1 saturated heterocycles. The summed E-state index contributed by atoms with van der Waals surface area (Å²) in [6.07, 6.45) is 3.54. The fourth-order valence-corrected chi connectivity index (χ4v) is 3.00. The van der Waals surface area contributed by atoms with E-state index in [1.54, 1.807) is 16.8 Å². The van der Waals surface area contributed by atoms with Gasteiger partial charge in [-0.3, -0.25) is 4.98 Å². The third kappa shape index (κ3) is 2.27. The quantitative estimate of drug-likeness (QED) is 0.710. The molecule has 0 amide bonds. The molecule has 0 aromatic carbocycles. The number of piperazine rings is 1. The number of nitrogens with zero attached hydrogens (tertiary/aromatic N) is 6. The van der Waals surface area contributed by atoms with Crippen molar-refractivity contribution in [2.75, 3.05) is 36.8 Å². The molecular weight excluding hydrogens is 292 g/mol. The number of aromatic nitrogens is 5. The molecule has 4 rings (SSSR count). The van der Waals surface area contributed by atoms with Crippen molar-refractivity contribution < 1.29 is 0 Å². The van der Waals surface area contributed by atoms with Gasteiger partial charge in [0.1, 0.15) is 11.6 Å². The van der Waals surface area contributed by atoms with Gasteiger partial charge in [0.15, 0.2) is 5.65 Å². The van der Waals surface area contributed by atoms with E-state index in [0.717, 1.165) is 54.6 Å². The molecule has 0 aliphatic carbocycles. The Bertz CT molecular complexity index is 836. The summed E-state index contributed by atoms with van der Waals surface area (Å²) in [5.74, 6) is 2.00. The predicted molar refractivity (Wildman–Crippen MR) is 88.2 cm³/mol. The number of nitrogens with two attached hydrogens (primary N) is 1. The molecule has 0 saturated carbocycles. The van der Waals surface area contributed by atoms with Gasteiger partial charge in [0.25, 0.3) is 0 Å². The van der Waals surface area contributed by atoms with E-state index in [1.165, 1.54) is 0 Å². The van der Waals surface area contributed by atoms with Gasteiger partial charge in [-0.05, 0) is 24.6 Å². The lowest BCUT2D eigenvalue weighted by molar-refractivity contribution is 0.585. The molecule has 8 nitrogen and oxygen atoms in total. The molecule has 0 unspecified atom stereocenters. The second-order valence-electron chi connectivity index (χ2n) is 5.55. The van der Waals surface area contributed by atoms with E-state index in [4.69, 9.17) is 5.73 Å². The molecule has 23 heavy (non-hydrogen) atoms. The number of pyridine rings is 1. The van der Waals surface area contributed by atoms with Crippen LogP contribution in [-0.4, -0.2) is 50.7 Å². The average molecular weight is 310 g/mol. The van der Waals surface area contributed by atoms with Gasteiger partial charge in [0.05, 0.1) is 5.56 Å². The van der Waals surface area contributed by atoms with Crippen molar-refractivity contribution in [2.45, 2.75) is 6.92 Å². The highest BCUT2D eigenvalue weighted by atomic mass is 15.3. The summed E-state index contributed by atoms with van der Waals surface area (Å²) in [4.78, 5) is 11.0. The highest BCUT2D eigenvalue weighted by Gasteiger charge is 2.23. The van der Waals surface area contributed by atoms with E-state index < -0.39 is 0 Å². The number of nitrogens with one attached hydrogen (secondary N) is 1. The van der Waals surface area contributed by atoms with Crippen LogP contribution < -0.4 is 16.0 Å². The van der Waals surface area contributed by atoms with Gasteiger partial charge in [0.2, 0.25) is 5.95 Å². The van der Waals surface area contributed by atoms with Crippen LogP contribution in [0.4, 0.5) is 11.8 Å². The molecule has 1 aliphatic heterocycles. The van der Waals surface area contributed by atoms with Crippen LogP contribution in [0.15, 0.2) is 24.5 Å².